The molecule has 1 atom stereocenters. The van der Waals surface area contributed by atoms with Crippen LogP contribution in [0.4, 0.5) is 4.79 Å². The van der Waals surface area contributed by atoms with E-state index >= 15 is 0 Å². The second-order valence-electron chi connectivity index (χ2n) is 7.72. The zero-order valence-corrected chi connectivity index (χ0v) is 16.4. The molecule has 0 aromatic heterocycles. The molecule has 1 unspecified atom stereocenters. The van der Waals surface area contributed by atoms with Gasteiger partial charge in [-0.2, -0.15) is 0 Å². The maximum atomic E-state index is 12.7. The molecule has 2 aliphatic heterocycles. The lowest BCUT2D eigenvalue weighted by atomic mass is 10.0. The van der Waals surface area contributed by atoms with Gasteiger partial charge in [0.25, 0.3) is 5.91 Å². The molecule has 2 aliphatic rings. The Morgan fingerprint density at radius 2 is 1.90 bits per heavy atom. The molecule has 152 valence electrons. The molecule has 0 bridgehead atoms. The fraction of sp³-hybridized carbons (Fsp3) is 0.409. The summed E-state index contributed by atoms with van der Waals surface area (Å²) in [6, 6.07) is 13.4. The maximum Gasteiger partial charge on any atom is 0.317 e. The standard InChI is InChI=1S/C22H26N4O3/c27-20(15-26-12-4-10-23-22(26)29)25-11-3-7-19(14-25)24-21(28)18-9-8-16-5-1-2-6-17(16)13-18/h1-2,5-6,8-9,13,19H,3-4,7,10-12,14-15H2,(H,23,29)(H,24,28). The van der Waals surface area contributed by atoms with Crippen molar-refractivity contribution in [1.29, 1.82) is 0 Å². The molecule has 4 amide bonds. The molecule has 0 saturated carbocycles. The second kappa shape index (κ2) is 8.51. The van der Waals surface area contributed by atoms with Crippen molar-refractivity contribution in [1.82, 2.24) is 20.4 Å². The van der Waals surface area contributed by atoms with E-state index in [2.05, 4.69) is 10.6 Å². The van der Waals surface area contributed by atoms with Gasteiger partial charge in [-0.25, -0.2) is 4.79 Å². The predicted octanol–water partition coefficient (Wildman–Crippen LogP) is 1.98. The van der Waals surface area contributed by atoms with Crippen LogP contribution in [0.15, 0.2) is 42.5 Å². The smallest absolute Gasteiger partial charge is 0.317 e. The number of rotatable bonds is 4. The summed E-state index contributed by atoms with van der Waals surface area (Å²) in [7, 11) is 0. The highest BCUT2D eigenvalue weighted by molar-refractivity contribution is 5.98. The van der Waals surface area contributed by atoms with Crippen LogP contribution in [-0.4, -0.2) is 66.4 Å². The number of urea groups is 1. The topological polar surface area (TPSA) is 81.8 Å². The van der Waals surface area contributed by atoms with E-state index in [9.17, 15) is 14.4 Å². The van der Waals surface area contributed by atoms with Crippen molar-refractivity contribution in [2.45, 2.75) is 25.3 Å². The van der Waals surface area contributed by atoms with Crippen molar-refractivity contribution in [3.8, 4) is 0 Å². The van der Waals surface area contributed by atoms with E-state index in [1.54, 1.807) is 9.80 Å². The summed E-state index contributed by atoms with van der Waals surface area (Å²) in [5, 5.41) is 7.96. The van der Waals surface area contributed by atoms with Crippen molar-refractivity contribution in [3.63, 3.8) is 0 Å². The number of nitrogens with zero attached hydrogens (tertiary/aromatic N) is 2. The lowest BCUT2D eigenvalue weighted by Crippen LogP contribution is -2.54. The SMILES string of the molecule is O=C(NC1CCCN(C(=O)CN2CCCNC2=O)C1)c1ccc2ccccc2c1. The van der Waals surface area contributed by atoms with Crippen LogP contribution in [0.25, 0.3) is 10.8 Å². The summed E-state index contributed by atoms with van der Waals surface area (Å²) in [5.41, 5.74) is 0.622. The number of fused-ring (bicyclic) bond motifs is 1. The molecule has 4 rings (SSSR count). The van der Waals surface area contributed by atoms with Crippen LogP contribution in [0.5, 0.6) is 0 Å². The van der Waals surface area contributed by atoms with Gasteiger partial charge in [0.2, 0.25) is 5.91 Å². The van der Waals surface area contributed by atoms with Gasteiger partial charge in [0, 0.05) is 37.8 Å². The van der Waals surface area contributed by atoms with Crippen LogP contribution >= 0.6 is 0 Å². The zero-order chi connectivity index (χ0) is 20.2. The molecule has 0 radical (unpaired) electrons. The molecule has 7 nitrogen and oxygen atoms in total. The Balaban J connectivity index is 1.35. The van der Waals surface area contributed by atoms with E-state index in [-0.39, 0.29) is 30.4 Å². The van der Waals surface area contributed by atoms with Crippen LogP contribution < -0.4 is 10.6 Å². The highest BCUT2D eigenvalue weighted by atomic mass is 16.2. The van der Waals surface area contributed by atoms with Gasteiger partial charge < -0.3 is 20.4 Å². The van der Waals surface area contributed by atoms with E-state index < -0.39 is 0 Å². The van der Waals surface area contributed by atoms with E-state index in [0.717, 1.165) is 30.0 Å². The Hall–Kier alpha value is -3.09. The van der Waals surface area contributed by atoms with Crippen molar-refractivity contribution < 1.29 is 14.4 Å². The first kappa shape index (κ1) is 19.2. The van der Waals surface area contributed by atoms with Gasteiger partial charge in [0.05, 0.1) is 0 Å². The Labute approximate surface area is 170 Å². The predicted molar refractivity (Wildman–Crippen MR) is 111 cm³/mol. The third-order valence-corrected chi connectivity index (χ3v) is 5.62. The van der Waals surface area contributed by atoms with Gasteiger partial charge >= 0.3 is 6.03 Å². The Bertz CT molecular complexity index is 929. The molecule has 2 heterocycles. The van der Waals surface area contributed by atoms with E-state index in [1.807, 2.05) is 42.5 Å². The van der Waals surface area contributed by atoms with Crippen LogP contribution in [-0.2, 0) is 4.79 Å². The molecular formula is C22H26N4O3. The van der Waals surface area contributed by atoms with Gasteiger partial charge in [-0.3, -0.25) is 9.59 Å². The van der Waals surface area contributed by atoms with E-state index in [1.165, 1.54) is 0 Å². The second-order valence-corrected chi connectivity index (χ2v) is 7.72. The zero-order valence-electron chi connectivity index (χ0n) is 16.4. The Morgan fingerprint density at radius 1 is 1.07 bits per heavy atom. The van der Waals surface area contributed by atoms with Gasteiger partial charge in [-0.15, -0.1) is 0 Å². The number of piperidine rings is 1. The summed E-state index contributed by atoms with van der Waals surface area (Å²) >= 11 is 0. The van der Waals surface area contributed by atoms with Crippen molar-refractivity contribution in [3.05, 3.63) is 48.0 Å². The van der Waals surface area contributed by atoms with Crippen LogP contribution in [0.3, 0.4) is 0 Å². The summed E-state index contributed by atoms with van der Waals surface area (Å²) in [5.74, 6) is -0.183. The van der Waals surface area contributed by atoms with Crippen molar-refractivity contribution >= 4 is 28.6 Å². The first-order valence-electron chi connectivity index (χ1n) is 10.2. The van der Waals surface area contributed by atoms with Crippen LogP contribution in [0.1, 0.15) is 29.6 Å². The maximum absolute atomic E-state index is 12.7. The molecule has 2 aromatic rings. The lowest BCUT2D eigenvalue weighted by molar-refractivity contribution is -0.133. The largest absolute Gasteiger partial charge is 0.348 e. The van der Waals surface area contributed by atoms with Gasteiger partial charge in [-0.05, 0) is 42.2 Å². The van der Waals surface area contributed by atoms with E-state index in [4.69, 9.17) is 0 Å². The first-order valence-corrected chi connectivity index (χ1v) is 10.2. The van der Waals surface area contributed by atoms with Crippen molar-refractivity contribution in [2.24, 2.45) is 0 Å². The van der Waals surface area contributed by atoms with Gasteiger partial charge in [0.1, 0.15) is 6.54 Å². The molecule has 2 saturated heterocycles. The number of nitrogens with one attached hydrogen (secondary N) is 2. The highest BCUT2D eigenvalue weighted by Crippen LogP contribution is 2.17. The molecular weight excluding hydrogens is 368 g/mol. The third kappa shape index (κ3) is 4.50. The quantitative estimate of drug-likeness (QED) is 0.832. The number of benzene rings is 2. The van der Waals surface area contributed by atoms with Crippen molar-refractivity contribution in [2.75, 3.05) is 32.7 Å². The monoisotopic (exact) mass is 394 g/mol. The molecule has 0 aliphatic carbocycles. The number of carbonyl (C=O) groups excluding carboxylic acids is 3. The Morgan fingerprint density at radius 3 is 2.72 bits per heavy atom. The normalized spacial score (nSPS) is 19.7. The average molecular weight is 394 g/mol. The number of hydrogen-bond acceptors (Lipinski definition) is 3. The fourth-order valence-corrected chi connectivity index (χ4v) is 4.01. The first-order chi connectivity index (χ1) is 14.1. The molecule has 0 spiro atoms. The third-order valence-electron chi connectivity index (χ3n) is 5.62. The molecule has 2 N–H and O–H groups in total. The molecule has 2 fully saturated rings. The average Bonchev–Trinajstić information content (AvgIpc) is 2.75. The minimum Gasteiger partial charge on any atom is -0.348 e. The molecule has 29 heavy (non-hydrogen) atoms. The number of hydrogen-bond donors (Lipinski definition) is 2. The fourth-order valence-electron chi connectivity index (χ4n) is 4.01. The minimum atomic E-state index is -0.178. The summed E-state index contributed by atoms with van der Waals surface area (Å²) < 4.78 is 0. The van der Waals surface area contributed by atoms with Crippen LogP contribution in [0, 0.1) is 0 Å². The van der Waals surface area contributed by atoms with Crippen LogP contribution in [0.2, 0.25) is 0 Å². The minimum absolute atomic E-state index is 0.0632. The summed E-state index contributed by atoms with van der Waals surface area (Å²) in [6.07, 6.45) is 2.53. The molecule has 2 aromatic carbocycles. The number of likely N-dealkylation sites (tertiary alicyclic amines) is 1. The number of amides is 4. The summed E-state index contributed by atoms with van der Waals surface area (Å²) in [4.78, 5) is 40.5. The lowest BCUT2D eigenvalue weighted by Gasteiger charge is -2.35. The number of carbonyl (C=O) groups is 3. The Kier molecular flexibility index (Phi) is 5.64. The van der Waals surface area contributed by atoms with Gasteiger partial charge in [0.15, 0.2) is 0 Å². The summed E-state index contributed by atoms with van der Waals surface area (Å²) in [6.45, 7) is 2.51. The van der Waals surface area contributed by atoms with Gasteiger partial charge in [-0.1, -0.05) is 30.3 Å². The molecule has 7 heteroatoms. The highest BCUT2D eigenvalue weighted by Gasteiger charge is 2.28. The van der Waals surface area contributed by atoms with E-state index in [0.29, 0.717) is 31.7 Å².